The average Bonchev–Trinajstić information content (AvgIpc) is 2.39. The van der Waals surface area contributed by atoms with E-state index in [1.54, 1.807) is 12.1 Å². The fourth-order valence-electron chi connectivity index (χ4n) is 1.84. The van der Waals surface area contributed by atoms with Crippen LogP contribution in [0.2, 0.25) is 0 Å². The molecule has 0 aliphatic heterocycles. The van der Waals surface area contributed by atoms with Crippen molar-refractivity contribution in [3.8, 4) is 0 Å². The van der Waals surface area contributed by atoms with Crippen LogP contribution in [0, 0.1) is 10.1 Å². The summed E-state index contributed by atoms with van der Waals surface area (Å²) < 4.78 is 0.806. The van der Waals surface area contributed by atoms with E-state index in [2.05, 4.69) is 21.2 Å². The molecule has 0 radical (unpaired) electrons. The van der Waals surface area contributed by atoms with Crippen molar-refractivity contribution in [2.75, 3.05) is 5.32 Å². The van der Waals surface area contributed by atoms with Crippen LogP contribution in [0.25, 0.3) is 0 Å². The van der Waals surface area contributed by atoms with Gasteiger partial charge in [-0.1, -0.05) is 46.3 Å². The molecule has 1 N–H and O–H groups in total. The molecule has 2 aromatic carbocycles. The van der Waals surface area contributed by atoms with Gasteiger partial charge in [0.05, 0.1) is 4.92 Å². The smallest absolute Gasteiger partial charge is 0.292 e. The molecule has 98 valence electrons. The Bertz CT molecular complexity index is 587. The maximum atomic E-state index is 11.0. The molecule has 0 aliphatic carbocycles. The molecule has 5 heteroatoms. The van der Waals surface area contributed by atoms with Gasteiger partial charge in [0, 0.05) is 16.6 Å². The van der Waals surface area contributed by atoms with Crippen molar-refractivity contribution >= 4 is 27.3 Å². The SMILES string of the molecule is CC(Nc1cc(Br)ccc1[N+](=O)[O-])c1ccccc1. The molecule has 0 aromatic heterocycles. The maximum Gasteiger partial charge on any atom is 0.292 e. The Kier molecular flexibility index (Phi) is 4.16. The van der Waals surface area contributed by atoms with Crippen molar-refractivity contribution < 1.29 is 4.92 Å². The van der Waals surface area contributed by atoms with E-state index in [0.29, 0.717) is 5.69 Å². The summed E-state index contributed by atoms with van der Waals surface area (Å²) in [5.74, 6) is 0. The summed E-state index contributed by atoms with van der Waals surface area (Å²) in [6.45, 7) is 1.97. The third-order valence-corrected chi connectivity index (χ3v) is 3.32. The second-order valence-electron chi connectivity index (χ2n) is 4.20. The lowest BCUT2D eigenvalue weighted by Crippen LogP contribution is -2.08. The number of nitrogens with zero attached hydrogens (tertiary/aromatic N) is 1. The number of hydrogen-bond acceptors (Lipinski definition) is 3. The molecule has 0 fully saturated rings. The van der Waals surface area contributed by atoms with Crippen LogP contribution in [-0.2, 0) is 0 Å². The third kappa shape index (κ3) is 3.32. The van der Waals surface area contributed by atoms with Gasteiger partial charge in [0.15, 0.2) is 0 Å². The minimum absolute atomic E-state index is 0.00537. The summed E-state index contributed by atoms with van der Waals surface area (Å²) in [4.78, 5) is 10.6. The van der Waals surface area contributed by atoms with E-state index in [1.165, 1.54) is 6.07 Å². The molecule has 2 aromatic rings. The predicted molar refractivity (Wildman–Crippen MR) is 79.3 cm³/mol. The number of benzene rings is 2. The molecule has 0 bridgehead atoms. The lowest BCUT2D eigenvalue weighted by Gasteiger charge is -2.15. The van der Waals surface area contributed by atoms with Crippen LogP contribution in [0.4, 0.5) is 11.4 Å². The van der Waals surface area contributed by atoms with Crippen LogP contribution in [0.3, 0.4) is 0 Å². The average molecular weight is 321 g/mol. The minimum atomic E-state index is -0.382. The van der Waals surface area contributed by atoms with Gasteiger partial charge in [-0.3, -0.25) is 10.1 Å². The van der Waals surface area contributed by atoms with Gasteiger partial charge < -0.3 is 5.32 Å². The molecule has 0 saturated heterocycles. The fraction of sp³-hybridized carbons (Fsp3) is 0.143. The molecular weight excluding hydrogens is 308 g/mol. The second-order valence-corrected chi connectivity index (χ2v) is 5.11. The van der Waals surface area contributed by atoms with Crippen LogP contribution < -0.4 is 5.32 Å². The van der Waals surface area contributed by atoms with Crippen molar-refractivity contribution in [2.24, 2.45) is 0 Å². The largest absolute Gasteiger partial charge is 0.373 e. The van der Waals surface area contributed by atoms with Crippen LogP contribution in [-0.4, -0.2) is 4.92 Å². The van der Waals surface area contributed by atoms with Crippen molar-refractivity contribution in [3.05, 3.63) is 68.7 Å². The highest BCUT2D eigenvalue weighted by Gasteiger charge is 2.16. The zero-order valence-electron chi connectivity index (χ0n) is 10.3. The number of hydrogen-bond donors (Lipinski definition) is 1. The molecule has 0 heterocycles. The van der Waals surface area contributed by atoms with E-state index >= 15 is 0 Å². The molecular formula is C14H13BrN2O2. The standard InChI is InChI=1S/C14H13BrN2O2/c1-10(11-5-3-2-4-6-11)16-13-9-12(15)7-8-14(13)17(18)19/h2-10,16H,1H3. The van der Waals surface area contributed by atoms with Gasteiger partial charge in [-0.15, -0.1) is 0 Å². The monoisotopic (exact) mass is 320 g/mol. The van der Waals surface area contributed by atoms with E-state index < -0.39 is 0 Å². The van der Waals surface area contributed by atoms with Gasteiger partial charge in [-0.25, -0.2) is 0 Å². The highest BCUT2D eigenvalue weighted by Crippen LogP contribution is 2.30. The highest BCUT2D eigenvalue weighted by atomic mass is 79.9. The first kappa shape index (κ1) is 13.5. The Morgan fingerprint density at radius 3 is 2.53 bits per heavy atom. The van der Waals surface area contributed by atoms with Crippen LogP contribution >= 0.6 is 15.9 Å². The number of anilines is 1. The van der Waals surface area contributed by atoms with Crippen LogP contribution in [0.1, 0.15) is 18.5 Å². The molecule has 1 atom stereocenters. The minimum Gasteiger partial charge on any atom is -0.373 e. The van der Waals surface area contributed by atoms with Gasteiger partial charge in [-0.05, 0) is 24.6 Å². The molecule has 19 heavy (non-hydrogen) atoms. The first-order chi connectivity index (χ1) is 9.08. The molecule has 0 saturated carbocycles. The van der Waals surface area contributed by atoms with E-state index in [4.69, 9.17) is 0 Å². The zero-order chi connectivity index (χ0) is 13.8. The predicted octanol–water partition coefficient (Wildman–Crippen LogP) is 4.53. The van der Waals surface area contributed by atoms with Crippen molar-refractivity contribution in [1.82, 2.24) is 0 Å². The number of nitro groups is 1. The maximum absolute atomic E-state index is 11.0. The fourth-order valence-corrected chi connectivity index (χ4v) is 2.20. The Balaban J connectivity index is 2.28. The number of nitrogens with one attached hydrogen (secondary N) is 1. The molecule has 0 aliphatic rings. The molecule has 1 unspecified atom stereocenters. The third-order valence-electron chi connectivity index (χ3n) is 2.83. The van der Waals surface area contributed by atoms with E-state index in [0.717, 1.165) is 10.0 Å². The zero-order valence-corrected chi connectivity index (χ0v) is 11.9. The van der Waals surface area contributed by atoms with Gasteiger partial charge in [0.1, 0.15) is 5.69 Å². The number of nitro benzene ring substituents is 1. The van der Waals surface area contributed by atoms with Crippen LogP contribution in [0.15, 0.2) is 53.0 Å². The van der Waals surface area contributed by atoms with Gasteiger partial charge >= 0.3 is 0 Å². The van der Waals surface area contributed by atoms with E-state index in [1.807, 2.05) is 37.3 Å². The topological polar surface area (TPSA) is 55.2 Å². The molecule has 0 amide bonds. The number of rotatable bonds is 4. The summed E-state index contributed by atoms with van der Waals surface area (Å²) in [5.41, 5.74) is 1.67. The van der Waals surface area contributed by atoms with Crippen molar-refractivity contribution in [3.63, 3.8) is 0 Å². The summed E-state index contributed by atoms with van der Waals surface area (Å²) in [6.07, 6.45) is 0. The summed E-state index contributed by atoms with van der Waals surface area (Å²) in [7, 11) is 0. The first-order valence-corrected chi connectivity index (χ1v) is 6.62. The van der Waals surface area contributed by atoms with E-state index in [-0.39, 0.29) is 16.7 Å². The van der Waals surface area contributed by atoms with Gasteiger partial charge in [-0.2, -0.15) is 0 Å². The Hall–Kier alpha value is -1.88. The highest BCUT2D eigenvalue weighted by molar-refractivity contribution is 9.10. The summed E-state index contributed by atoms with van der Waals surface area (Å²) >= 11 is 3.33. The second kappa shape index (κ2) is 5.84. The van der Waals surface area contributed by atoms with E-state index in [9.17, 15) is 10.1 Å². The normalized spacial score (nSPS) is 11.9. The number of halogens is 1. The van der Waals surface area contributed by atoms with Gasteiger partial charge in [0.2, 0.25) is 0 Å². The lowest BCUT2D eigenvalue weighted by molar-refractivity contribution is -0.384. The quantitative estimate of drug-likeness (QED) is 0.665. The molecule has 2 rings (SSSR count). The van der Waals surface area contributed by atoms with Crippen LogP contribution in [0.5, 0.6) is 0 Å². The van der Waals surface area contributed by atoms with Gasteiger partial charge in [0.25, 0.3) is 5.69 Å². The Labute approximate surface area is 119 Å². The summed E-state index contributed by atoms with van der Waals surface area (Å²) in [5, 5.41) is 14.2. The first-order valence-electron chi connectivity index (χ1n) is 5.83. The molecule has 4 nitrogen and oxygen atoms in total. The van der Waals surface area contributed by atoms with Crippen molar-refractivity contribution in [1.29, 1.82) is 0 Å². The Morgan fingerprint density at radius 2 is 1.89 bits per heavy atom. The Morgan fingerprint density at radius 1 is 1.21 bits per heavy atom. The summed E-state index contributed by atoms with van der Waals surface area (Å²) in [6, 6.07) is 14.7. The molecule has 0 spiro atoms. The van der Waals surface area contributed by atoms with Crippen molar-refractivity contribution in [2.45, 2.75) is 13.0 Å². The lowest BCUT2D eigenvalue weighted by atomic mass is 10.1.